The summed E-state index contributed by atoms with van der Waals surface area (Å²) < 4.78 is 40.6. The molecule has 20 heavy (non-hydrogen) atoms. The predicted molar refractivity (Wildman–Crippen MR) is 71.3 cm³/mol. The molecular formula is C15H15F3N2. The molecule has 2 aromatic rings. The van der Waals surface area contributed by atoms with Crippen LogP contribution in [0.3, 0.4) is 0 Å². The zero-order valence-electron chi connectivity index (χ0n) is 11.0. The minimum absolute atomic E-state index is 0.000694. The number of hydrogen-bond acceptors (Lipinski definition) is 2. The molecule has 5 heteroatoms. The van der Waals surface area contributed by atoms with Crippen LogP contribution in [0.15, 0.2) is 36.4 Å². The molecule has 0 fully saturated rings. The van der Waals surface area contributed by atoms with Crippen LogP contribution in [-0.4, -0.2) is 0 Å². The van der Waals surface area contributed by atoms with Crippen LogP contribution in [0.5, 0.6) is 0 Å². The molecule has 0 aromatic heterocycles. The topological polar surface area (TPSA) is 38.0 Å². The Labute approximate surface area is 115 Å². The van der Waals surface area contributed by atoms with Gasteiger partial charge >= 0.3 is 0 Å². The van der Waals surface area contributed by atoms with Crippen molar-refractivity contribution in [3.8, 4) is 0 Å². The average molecular weight is 280 g/mol. The fourth-order valence-corrected chi connectivity index (χ4v) is 2.18. The van der Waals surface area contributed by atoms with Gasteiger partial charge < -0.3 is 0 Å². The highest BCUT2D eigenvalue weighted by atomic mass is 19.1. The van der Waals surface area contributed by atoms with E-state index in [0.29, 0.717) is 5.56 Å². The largest absolute Gasteiger partial charge is 0.271 e. The molecule has 1 atom stereocenters. The predicted octanol–water partition coefficient (Wildman–Crippen LogP) is 3.16. The van der Waals surface area contributed by atoms with E-state index in [1.165, 1.54) is 30.3 Å². The van der Waals surface area contributed by atoms with Crippen LogP contribution < -0.4 is 11.3 Å². The van der Waals surface area contributed by atoms with Crippen molar-refractivity contribution in [3.63, 3.8) is 0 Å². The van der Waals surface area contributed by atoms with Crippen molar-refractivity contribution in [3.05, 3.63) is 70.5 Å². The van der Waals surface area contributed by atoms with Crippen LogP contribution in [0.4, 0.5) is 13.2 Å². The molecule has 0 saturated heterocycles. The van der Waals surface area contributed by atoms with Gasteiger partial charge in [-0.25, -0.2) is 13.2 Å². The van der Waals surface area contributed by atoms with Crippen molar-refractivity contribution < 1.29 is 13.2 Å². The Morgan fingerprint density at radius 2 is 1.75 bits per heavy atom. The minimum Gasteiger partial charge on any atom is -0.271 e. The summed E-state index contributed by atoms with van der Waals surface area (Å²) >= 11 is 0. The van der Waals surface area contributed by atoms with Gasteiger partial charge in [0, 0.05) is 5.56 Å². The fraction of sp³-hybridized carbons (Fsp3) is 0.200. The third kappa shape index (κ3) is 3.00. The smallest absolute Gasteiger partial charge is 0.129 e. The second-order valence-corrected chi connectivity index (χ2v) is 4.62. The van der Waals surface area contributed by atoms with Crippen molar-refractivity contribution in [2.75, 3.05) is 0 Å². The normalized spacial score (nSPS) is 12.4. The highest BCUT2D eigenvalue weighted by Gasteiger charge is 2.18. The molecule has 0 radical (unpaired) electrons. The van der Waals surface area contributed by atoms with Crippen molar-refractivity contribution in [2.45, 2.75) is 19.4 Å². The molecule has 0 aliphatic rings. The molecule has 2 aromatic carbocycles. The first-order valence-electron chi connectivity index (χ1n) is 6.18. The number of nitrogens with two attached hydrogens (primary N) is 1. The monoisotopic (exact) mass is 280 g/mol. The van der Waals surface area contributed by atoms with Crippen molar-refractivity contribution in [1.82, 2.24) is 5.43 Å². The van der Waals surface area contributed by atoms with E-state index in [9.17, 15) is 13.2 Å². The summed E-state index contributed by atoms with van der Waals surface area (Å²) in [6.07, 6.45) is -0.000694. The van der Waals surface area contributed by atoms with Crippen molar-refractivity contribution >= 4 is 0 Å². The van der Waals surface area contributed by atoms with Crippen LogP contribution in [0.2, 0.25) is 0 Å². The maximum atomic E-state index is 13.7. The first kappa shape index (κ1) is 14.6. The SMILES string of the molecule is Cc1ccc(F)cc1C(Cc1c(F)cccc1F)NN. The Morgan fingerprint density at radius 1 is 1.10 bits per heavy atom. The molecule has 0 heterocycles. The highest BCUT2D eigenvalue weighted by Crippen LogP contribution is 2.24. The van der Waals surface area contributed by atoms with Crippen molar-refractivity contribution in [1.29, 1.82) is 0 Å². The maximum Gasteiger partial charge on any atom is 0.129 e. The van der Waals surface area contributed by atoms with Gasteiger partial charge in [-0.3, -0.25) is 11.3 Å². The molecule has 0 spiro atoms. The summed E-state index contributed by atoms with van der Waals surface area (Å²) in [5.41, 5.74) is 3.80. The number of benzene rings is 2. The first-order valence-corrected chi connectivity index (χ1v) is 6.18. The van der Waals surface area contributed by atoms with Gasteiger partial charge in [0.25, 0.3) is 0 Å². The second kappa shape index (κ2) is 6.07. The Bertz CT molecular complexity index is 594. The number of aryl methyl sites for hydroxylation is 1. The summed E-state index contributed by atoms with van der Waals surface area (Å²) in [7, 11) is 0. The molecule has 106 valence electrons. The zero-order valence-corrected chi connectivity index (χ0v) is 11.0. The Morgan fingerprint density at radius 3 is 2.35 bits per heavy atom. The summed E-state index contributed by atoms with van der Waals surface area (Å²) in [4.78, 5) is 0. The highest BCUT2D eigenvalue weighted by molar-refractivity contribution is 5.32. The van der Waals surface area contributed by atoms with Crippen LogP contribution in [0.1, 0.15) is 22.7 Å². The number of halogens is 3. The van der Waals surface area contributed by atoms with Gasteiger partial charge in [-0.1, -0.05) is 12.1 Å². The van der Waals surface area contributed by atoms with E-state index < -0.39 is 23.5 Å². The van der Waals surface area contributed by atoms with E-state index in [0.717, 1.165) is 5.56 Å². The zero-order chi connectivity index (χ0) is 14.7. The number of rotatable bonds is 4. The molecule has 0 aliphatic heterocycles. The average Bonchev–Trinajstić information content (AvgIpc) is 2.42. The van der Waals surface area contributed by atoms with Gasteiger partial charge in [-0.05, 0) is 48.7 Å². The summed E-state index contributed by atoms with van der Waals surface area (Å²) in [5, 5.41) is 0. The lowest BCUT2D eigenvalue weighted by Gasteiger charge is -2.19. The second-order valence-electron chi connectivity index (χ2n) is 4.62. The Hall–Kier alpha value is -1.85. The van der Waals surface area contributed by atoms with Crippen LogP contribution in [0, 0.1) is 24.4 Å². The fourth-order valence-electron chi connectivity index (χ4n) is 2.18. The lowest BCUT2D eigenvalue weighted by molar-refractivity contribution is 0.496. The van der Waals surface area contributed by atoms with Gasteiger partial charge in [0.05, 0.1) is 6.04 Å². The van der Waals surface area contributed by atoms with Gasteiger partial charge in [0.1, 0.15) is 17.5 Å². The molecule has 0 amide bonds. The molecule has 3 N–H and O–H groups in total. The van der Waals surface area contributed by atoms with E-state index >= 15 is 0 Å². The number of hydrazine groups is 1. The Balaban J connectivity index is 2.36. The standard InChI is InChI=1S/C15H15F3N2/c1-9-5-6-10(16)7-11(9)15(20-19)8-12-13(17)3-2-4-14(12)18/h2-7,15,20H,8,19H2,1H3. The summed E-state index contributed by atoms with van der Waals surface area (Å²) in [6.45, 7) is 1.79. The lowest BCUT2D eigenvalue weighted by Crippen LogP contribution is -2.30. The van der Waals surface area contributed by atoms with E-state index in [1.807, 2.05) is 0 Å². The maximum absolute atomic E-state index is 13.7. The van der Waals surface area contributed by atoms with Crippen LogP contribution in [0.25, 0.3) is 0 Å². The van der Waals surface area contributed by atoms with Gasteiger partial charge in [-0.15, -0.1) is 0 Å². The molecule has 0 bridgehead atoms. The van der Waals surface area contributed by atoms with E-state index in [1.54, 1.807) is 13.0 Å². The molecule has 0 aliphatic carbocycles. The molecule has 2 rings (SSSR count). The first-order chi connectivity index (χ1) is 9.52. The molecule has 0 saturated carbocycles. The van der Waals surface area contributed by atoms with E-state index in [4.69, 9.17) is 5.84 Å². The van der Waals surface area contributed by atoms with E-state index in [-0.39, 0.29) is 12.0 Å². The van der Waals surface area contributed by atoms with Gasteiger partial charge in [-0.2, -0.15) is 0 Å². The number of nitrogens with one attached hydrogen (secondary N) is 1. The quantitative estimate of drug-likeness (QED) is 0.667. The molecule has 2 nitrogen and oxygen atoms in total. The van der Waals surface area contributed by atoms with Crippen LogP contribution >= 0.6 is 0 Å². The third-order valence-corrected chi connectivity index (χ3v) is 3.29. The summed E-state index contributed by atoms with van der Waals surface area (Å²) in [5.74, 6) is 3.76. The van der Waals surface area contributed by atoms with Gasteiger partial charge in [0.2, 0.25) is 0 Å². The molecular weight excluding hydrogens is 265 g/mol. The van der Waals surface area contributed by atoms with Gasteiger partial charge in [0.15, 0.2) is 0 Å². The summed E-state index contributed by atoms with van der Waals surface area (Å²) in [6, 6.07) is 7.35. The third-order valence-electron chi connectivity index (χ3n) is 3.29. The minimum atomic E-state index is -0.640. The Kier molecular flexibility index (Phi) is 4.42. The number of hydrogen-bond donors (Lipinski definition) is 2. The molecule has 1 unspecified atom stereocenters. The van der Waals surface area contributed by atoms with E-state index in [2.05, 4.69) is 5.43 Å². The van der Waals surface area contributed by atoms with Crippen LogP contribution in [-0.2, 0) is 6.42 Å². The lowest BCUT2D eigenvalue weighted by atomic mass is 9.95. The van der Waals surface area contributed by atoms with Crippen molar-refractivity contribution in [2.24, 2.45) is 5.84 Å².